The number of hydrogen-bond acceptors (Lipinski definition) is 2. The van der Waals surface area contributed by atoms with Crippen molar-refractivity contribution in [1.29, 1.82) is 0 Å². The highest BCUT2D eigenvalue weighted by molar-refractivity contribution is 5.95. The highest BCUT2D eigenvalue weighted by Crippen LogP contribution is 2.11. The lowest BCUT2D eigenvalue weighted by atomic mass is 10.2. The van der Waals surface area contributed by atoms with E-state index in [4.69, 9.17) is 5.11 Å². The summed E-state index contributed by atoms with van der Waals surface area (Å²) in [5.41, 5.74) is 0.486. The molecule has 1 aromatic rings. The first-order valence-corrected chi connectivity index (χ1v) is 5.67. The quantitative estimate of drug-likeness (QED) is 0.819. The summed E-state index contributed by atoms with van der Waals surface area (Å²) in [6.07, 6.45) is 2.17. The van der Waals surface area contributed by atoms with Crippen LogP contribution in [0.15, 0.2) is 18.3 Å². The minimum absolute atomic E-state index is 0.163. The summed E-state index contributed by atoms with van der Waals surface area (Å²) in [5.74, 6) is -1.36. The first-order chi connectivity index (χ1) is 7.97. The molecule has 1 amide bonds. The molecule has 0 aromatic carbocycles. The Bertz CT molecular complexity index is 410. The van der Waals surface area contributed by atoms with Gasteiger partial charge in [0, 0.05) is 12.2 Å². The highest BCUT2D eigenvalue weighted by Gasteiger charge is 2.20. The minimum Gasteiger partial charge on any atom is -0.480 e. The normalized spacial score (nSPS) is 12.5. The van der Waals surface area contributed by atoms with Gasteiger partial charge in [-0.3, -0.25) is 4.79 Å². The van der Waals surface area contributed by atoms with Crippen molar-refractivity contribution in [3.8, 4) is 0 Å². The van der Waals surface area contributed by atoms with Gasteiger partial charge in [-0.2, -0.15) is 0 Å². The van der Waals surface area contributed by atoms with Crippen LogP contribution < -0.4 is 5.32 Å². The molecule has 1 atom stereocenters. The zero-order chi connectivity index (χ0) is 13.0. The maximum absolute atomic E-state index is 11.9. The molecule has 0 aliphatic heterocycles. The van der Waals surface area contributed by atoms with E-state index in [1.165, 1.54) is 0 Å². The zero-order valence-electron chi connectivity index (χ0n) is 10.3. The van der Waals surface area contributed by atoms with E-state index in [-0.39, 0.29) is 11.9 Å². The van der Waals surface area contributed by atoms with Gasteiger partial charge in [0.25, 0.3) is 5.91 Å². The fourth-order valence-corrected chi connectivity index (χ4v) is 1.61. The Hall–Kier alpha value is -1.78. The number of aliphatic carboxylic acids is 1. The first kappa shape index (κ1) is 13.3. The standard InChI is InChI=1S/C12H18N2O3/c1-4-9(12(16)17)13-11(15)10-6-5-7-14(10)8(2)3/h5-9H,4H2,1-3H3,(H,13,15)(H,16,17)/t9-/m1/s1. The predicted octanol–water partition coefficient (Wildman–Crippen LogP) is 1.66. The molecular formula is C12H18N2O3. The topological polar surface area (TPSA) is 71.3 Å². The number of amides is 1. The smallest absolute Gasteiger partial charge is 0.326 e. The molecular weight excluding hydrogens is 220 g/mol. The Morgan fingerprint density at radius 2 is 2.12 bits per heavy atom. The molecule has 0 spiro atoms. The molecule has 0 radical (unpaired) electrons. The second-order valence-electron chi connectivity index (χ2n) is 4.17. The molecule has 0 saturated carbocycles. The van der Waals surface area contributed by atoms with E-state index in [0.29, 0.717) is 12.1 Å². The number of aromatic nitrogens is 1. The maximum Gasteiger partial charge on any atom is 0.326 e. The number of carbonyl (C=O) groups is 2. The Morgan fingerprint density at radius 1 is 1.47 bits per heavy atom. The van der Waals surface area contributed by atoms with Crippen molar-refractivity contribution in [2.45, 2.75) is 39.3 Å². The Morgan fingerprint density at radius 3 is 2.59 bits per heavy atom. The number of hydrogen-bond donors (Lipinski definition) is 2. The molecule has 2 N–H and O–H groups in total. The molecule has 17 heavy (non-hydrogen) atoms. The summed E-state index contributed by atoms with van der Waals surface area (Å²) in [6.45, 7) is 5.65. The number of carboxylic acids is 1. The Kier molecular flexibility index (Phi) is 4.31. The monoisotopic (exact) mass is 238 g/mol. The molecule has 1 rings (SSSR count). The minimum atomic E-state index is -1.01. The summed E-state index contributed by atoms with van der Waals surface area (Å²) in [4.78, 5) is 22.7. The lowest BCUT2D eigenvalue weighted by Gasteiger charge is -2.15. The van der Waals surface area contributed by atoms with Gasteiger partial charge in [-0.05, 0) is 32.4 Å². The van der Waals surface area contributed by atoms with E-state index in [9.17, 15) is 9.59 Å². The molecule has 0 unspecified atom stereocenters. The van der Waals surface area contributed by atoms with Gasteiger partial charge in [-0.25, -0.2) is 4.79 Å². The van der Waals surface area contributed by atoms with Gasteiger partial charge in [-0.1, -0.05) is 6.92 Å². The van der Waals surface area contributed by atoms with Crippen LogP contribution in [-0.4, -0.2) is 27.6 Å². The number of rotatable bonds is 5. The average molecular weight is 238 g/mol. The molecule has 5 nitrogen and oxygen atoms in total. The van der Waals surface area contributed by atoms with Crippen LogP contribution in [0.5, 0.6) is 0 Å². The molecule has 0 saturated heterocycles. The van der Waals surface area contributed by atoms with Crippen molar-refractivity contribution in [2.75, 3.05) is 0 Å². The van der Waals surface area contributed by atoms with Crippen molar-refractivity contribution >= 4 is 11.9 Å². The fraction of sp³-hybridized carbons (Fsp3) is 0.500. The van der Waals surface area contributed by atoms with Gasteiger partial charge < -0.3 is 15.0 Å². The lowest BCUT2D eigenvalue weighted by molar-refractivity contribution is -0.139. The van der Waals surface area contributed by atoms with Gasteiger partial charge in [0.1, 0.15) is 11.7 Å². The van der Waals surface area contributed by atoms with Crippen LogP contribution in [-0.2, 0) is 4.79 Å². The Balaban J connectivity index is 2.82. The van der Waals surface area contributed by atoms with E-state index < -0.39 is 12.0 Å². The van der Waals surface area contributed by atoms with Gasteiger partial charge in [0.15, 0.2) is 0 Å². The first-order valence-electron chi connectivity index (χ1n) is 5.67. The van der Waals surface area contributed by atoms with Crippen molar-refractivity contribution in [3.63, 3.8) is 0 Å². The third kappa shape index (κ3) is 3.09. The van der Waals surface area contributed by atoms with Crippen molar-refractivity contribution < 1.29 is 14.7 Å². The molecule has 0 bridgehead atoms. The van der Waals surface area contributed by atoms with E-state index in [1.54, 1.807) is 25.3 Å². The van der Waals surface area contributed by atoms with E-state index in [2.05, 4.69) is 5.32 Å². The van der Waals surface area contributed by atoms with Crippen molar-refractivity contribution in [1.82, 2.24) is 9.88 Å². The SMILES string of the molecule is CC[C@@H](NC(=O)c1cccn1C(C)C)C(=O)O. The lowest BCUT2D eigenvalue weighted by Crippen LogP contribution is -2.41. The molecule has 1 aromatic heterocycles. The van der Waals surface area contributed by atoms with Crippen LogP contribution >= 0.6 is 0 Å². The molecule has 0 aliphatic carbocycles. The number of nitrogens with zero attached hydrogens (tertiary/aromatic N) is 1. The second-order valence-corrected chi connectivity index (χ2v) is 4.17. The second kappa shape index (κ2) is 5.52. The summed E-state index contributed by atoms with van der Waals surface area (Å²) < 4.78 is 1.81. The fourth-order valence-electron chi connectivity index (χ4n) is 1.61. The van der Waals surface area contributed by atoms with Gasteiger partial charge in [-0.15, -0.1) is 0 Å². The number of carboxylic acid groups (broad SMARTS) is 1. The van der Waals surface area contributed by atoms with Gasteiger partial charge in [0.2, 0.25) is 0 Å². The van der Waals surface area contributed by atoms with Crippen LogP contribution in [0.3, 0.4) is 0 Å². The third-order valence-corrected chi connectivity index (χ3v) is 2.58. The largest absolute Gasteiger partial charge is 0.480 e. The third-order valence-electron chi connectivity index (χ3n) is 2.58. The van der Waals surface area contributed by atoms with Crippen LogP contribution in [0.4, 0.5) is 0 Å². The number of nitrogens with one attached hydrogen (secondary N) is 1. The summed E-state index contributed by atoms with van der Waals surface area (Å²) >= 11 is 0. The molecule has 0 fully saturated rings. The maximum atomic E-state index is 11.9. The van der Waals surface area contributed by atoms with E-state index in [1.807, 2.05) is 18.4 Å². The van der Waals surface area contributed by atoms with E-state index >= 15 is 0 Å². The predicted molar refractivity (Wildman–Crippen MR) is 64.0 cm³/mol. The van der Waals surface area contributed by atoms with Gasteiger partial charge in [0.05, 0.1) is 0 Å². The Labute approximate surface area is 100 Å². The summed E-state index contributed by atoms with van der Waals surface area (Å²) in [7, 11) is 0. The molecule has 1 heterocycles. The number of carbonyl (C=O) groups excluding carboxylic acids is 1. The average Bonchev–Trinajstić information content (AvgIpc) is 2.73. The van der Waals surface area contributed by atoms with Crippen molar-refractivity contribution in [3.05, 3.63) is 24.0 Å². The van der Waals surface area contributed by atoms with Crippen LogP contribution in [0.1, 0.15) is 43.7 Å². The van der Waals surface area contributed by atoms with E-state index in [0.717, 1.165) is 0 Å². The van der Waals surface area contributed by atoms with Gasteiger partial charge >= 0.3 is 5.97 Å². The molecule has 0 aliphatic rings. The molecule has 94 valence electrons. The van der Waals surface area contributed by atoms with Crippen LogP contribution in [0, 0.1) is 0 Å². The highest BCUT2D eigenvalue weighted by atomic mass is 16.4. The van der Waals surface area contributed by atoms with Crippen molar-refractivity contribution in [2.24, 2.45) is 0 Å². The molecule has 5 heteroatoms. The zero-order valence-corrected chi connectivity index (χ0v) is 10.3. The summed E-state index contributed by atoms with van der Waals surface area (Å²) in [6, 6.07) is 2.79. The van der Waals surface area contributed by atoms with Crippen LogP contribution in [0.25, 0.3) is 0 Å². The van der Waals surface area contributed by atoms with Crippen LogP contribution in [0.2, 0.25) is 0 Å². The summed E-state index contributed by atoms with van der Waals surface area (Å²) in [5, 5.41) is 11.4.